The van der Waals surface area contributed by atoms with E-state index >= 15 is 0 Å². The zero-order chi connectivity index (χ0) is 10.3. The minimum atomic E-state index is -0.958. The zero-order valence-corrected chi connectivity index (χ0v) is 7.94. The Kier molecular flexibility index (Phi) is 2.19. The molecule has 0 spiro atoms. The Morgan fingerprint density at radius 1 is 1.43 bits per heavy atom. The van der Waals surface area contributed by atoms with Gasteiger partial charge in [0.1, 0.15) is 0 Å². The van der Waals surface area contributed by atoms with E-state index in [-0.39, 0.29) is 17.2 Å². The normalized spacial score (nSPS) is 19.4. The van der Waals surface area contributed by atoms with Crippen molar-refractivity contribution >= 4 is 24.2 Å². The number of halogens is 2. The molecule has 1 aliphatic heterocycles. The Morgan fingerprint density at radius 3 is 2.79 bits per heavy atom. The first-order valence-corrected chi connectivity index (χ1v) is 4.68. The molecule has 5 heteroatoms. The van der Waals surface area contributed by atoms with Crippen LogP contribution in [0.25, 0.3) is 0 Å². The predicted octanol–water partition coefficient (Wildman–Crippen LogP) is 1.93. The molecule has 1 unspecified atom stereocenters. The van der Waals surface area contributed by atoms with Crippen molar-refractivity contribution in [2.75, 3.05) is 11.1 Å². The first-order valence-electron chi connectivity index (χ1n) is 4.04. The van der Waals surface area contributed by atoms with Crippen LogP contribution >= 0.6 is 12.6 Å². The number of hydrogen-bond acceptors (Lipinski definition) is 2. The van der Waals surface area contributed by atoms with Crippen molar-refractivity contribution in [1.29, 1.82) is 0 Å². The van der Waals surface area contributed by atoms with Gasteiger partial charge in [-0.1, -0.05) is 0 Å². The first kappa shape index (κ1) is 9.45. The molecular weight excluding hydrogens is 208 g/mol. The molecule has 1 aromatic rings. The fraction of sp³-hybridized carbons (Fsp3) is 0.222. The highest BCUT2D eigenvalue weighted by atomic mass is 32.1. The number of nitrogens with one attached hydrogen (secondary N) is 1. The Bertz CT molecular complexity index is 408. The average Bonchev–Trinajstić information content (AvgIpc) is 2.48. The molecule has 74 valence electrons. The fourth-order valence-electron chi connectivity index (χ4n) is 1.54. The molecule has 0 saturated carbocycles. The number of benzene rings is 1. The van der Waals surface area contributed by atoms with Crippen molar-refractivity contribution < 1.29 is 13.6 Å². The van der Waals surface area contributed by atoms with E-state index < -0.39 is 17.6 Å². The van der Waals surface area contributed by atoms with Gasteiger partial charge in [-0.15, -0.1) is 0 Å². The number of hydrogen-bond donors (Lipinski definition) is 2. The standard InChI is InChI=1S/C9H7F2NOS/c10-5-1-2-6-7(8(5)11)4(3-14)9(13)12-6/h1-2,4,14H,3H2,(H,12,13). The van der Waals surface area contributed by atoms with Crippen molar-refractivity contribution in [3.05, 3.63) is 29.3 Å². The smallest absolute Gasteiger partial charge is 0.232 e. The maximum Gasteiger partial charge on any atom is 0.232 e. The van der Waals surface area contributed by atoms with Crippen LogP contribution in [0, 0.1) is 11.6 Å². The van der Waals surface area contributed by atoms with Gasteiger partial charge in [-0.3, -0.25) is 4.79 Å². The number of carbonyl (C=O) groups is 1. The van der Waals surface area contributed by atoms with Crippen LogP contribution in [0.15, 0.2) is 12.1 Å². The van der Waals surface area contributed by atoms with Crippen LogP contribution in [-0.4, -0.2) is 11.7 Å². The number of anilines is 1. The number of amides is 1. The van der Waals surface area contributed by atoms with Gasteiger partial charge in [0.15, 0.2) is 11.6 Å². The van der Waals surface area contributed by atoms with Crippen molar-refractivity contribution in [2.24, 2.45) is 0 Å². The van der Waals surface area contributed by atoms with Crippen molar-refractivity contribution in [2.45, 2.75) is 5.92 Å². The maximum absolute atomic E-state index is 13.3. The van der Waals surface area contributed by atoms with Crippen LogP contribution in [0.4, 0.5) is 14.5 Å². The fourth-order valence-corrected chi connectivity index (χ4v) is 1.89. The first-order chi connectivity index (χ1) is 6.65. The van der Waals surface area contributed by atoms with Gasteiger partial charge in [-0.25, -0.2) is 8.78 Å². The second kappa shape index (κ2) is 3.24. The summed E-state index contributed by atoms with van der Waals surface area (Å²) in [7, 11) is 0. The molecule has 2 nitrogen and oxygen atoms in total. The highest BCUT2D eigenvalue weighted by molar-refractivity contribution is 7.80. The summed E-state index contributed by atoms with van der Waals surface area (Å²) in [6.45, 7) is 0. The minimum Gasteiger partial charge on any atom is -0.325 e. The van der Waals surface area contributed by atoms with Gasteiger partial charge in [0, 0.05) is 17.0 Å². The summed E-state index contributed by atoms with van der Waals surface area (Å²) in [5.74, 6) is -2.75. The quantitative estimate of drug-likeness (QED) is 0.689. The number of carbonyl (C=O) groups excluding carboxylic acids is 1. The second-order valence-corrected chi connectivity index (χ2v) is 3.41. The summed E-state index contributed by atoms with van der Waals surface area (Å²) in [4.78, 5) is 11.3. The predicted molar refractivity (Wildman–Crippen MR) is 51.6 cm³/mol. The van der Waals surface area contributed by atoms with Crippen LogP contribution in [0.3, 0.4) is 0 Å². The summed E-state index contributed by atoms with van der Waals surface area (Å²) >= 11 is 3.93. The minimum absolute atomic E-state index is 0.0880. The van der Waals surface area contributed by atoms with Crippen molar-refractivity contribution in [1.82, 2.24) is 0 Å². The van der Waals surface area contributed by atoms with E-state index in [1.807, 2.05) is 0 Å². The lowest BCUT2D eigenvalue weighted by molar-refractivity contribution is -0.116. The van der Waals surface area contributed by atoms with Crippen molar-refractivity contribution in [3.8, 4) is 0 Å². The topological polar surface area (TPSA) is 29.1 Å². The van der Waals surface area contributed by atoms with Gasteiger partial charge in [-0.05, 0) is 12.1 Å². The van der Waals surface area contributed by atoms with E-state index in [1.54, 1.807) is 0 Å². The van der Waals surface area contributed by atoms with Crippen LogP contribution in [0.1, 0.15) is 11.5 Å². The monoisotopic (exact) mass is 215 g/mol. The molecule has 0 bridgehead atoms. The van der Waals surface area contributed by atoms with Gasteiger partial charge in [0.2, 0.25) is 5.91 Å². The largest absolute Gasteiger partial charge is 0.325 e. The number of rotatable bonds is 1. The summed E-state index contributed by atoms with van der Waals surface area (Å²) in [5.41, 5.74) is 0.429. The molecule has 0 radical (unpaired) electrons. The molecule has 1 aromatic carbocycles. The molecule has 0 fully saturated rings. The molecule has 0 saturated heterocycles. The molecule has 0 aromatic heterocycles. The molecule has 1 aliphatic rings. The van der Waals surface area contributed by atoms with E-state index in [0.29, 0.717) is 5.69 Å². The lowest BCUT2D eigenvalue weighted by Crippen LogP contribution is -2.13. The lowest BCUT2D eigenvalue weighted by Gasteiger charge is -2.05. The molecule has 14 heavy (non-hydrogen) atoms. The molecule has 1 amide bonds. The van der Waals surface area contributed by atoms with Crippen LogP contribution in [0.5, 0.6) is 0 Å². The summed E-state index contributed by atoms with van der Waals surface area (Å²) in [6.07, 6.45) is 0. The van der Waals surface area contributed by atoms with E-state index in [4.69, 9.17) is 0 Å². The highest BCUT2D eigenvalue weighted by Gasteiger charge is 2.33. The zero-order valence-electron chi connectivity index (χ0n) is 7.05. The van der Waals surface area contributed by atoms with E-state index in [2.05, 4.69) is 17.9 Å². The maximum atomic E-state index is 13.3. The average molecular weight is 215 g/mol. The van der Waals surface area contributed by atoms with E-state index in [0.717, 1.165) is 6.07 Å². The van der Waals surface area contributed by atoms with Crippen molar-refractivity contribution in [3.63, 3.8) is 0 Å². The highest BCUT2D eigenvalue weighted by Crippen LogP contribution is 2.35. The molecule has 1 N–H and O–H groups in total. The van der Waals surface area contributed by atoms with Gasteiger partial charge >= 0.3 is 0 Å². The Balaban J connectivity index is 2.60. The molecule has 0 aliphatic carbocycles. The molecule has 2 rings (SSSR count). The molecule has 1 atom stereocenters. The SMILES string of the molecule is O=C1Nc2ccc(F)c(F)c2C1CS. The summed E-state index contributed by atoms with van der Waals surface area (Å²) in [6, 6.07) is 2.35. The number of thiol groups is 1. The summed E-state index contributed by atoms with van der Waals surface area (Å²) in [5, 5.41) is 2.47. The molecular formula is C9H7F2NOS. The second-order valence-electron chi connectivity index (χ2n) is 3.05. The summed E-state index contributed by atoms with van der Waals surface area (Å²) < 4.78 is 26.2. The van der Waals surface area contributed by atoms with Gasteiger partial charge in [0.05, 0.1) is 5.92 Å². The molecule has 1 heterocycles. The van der Waals surface area contributed by atoms with Crippen LogP contribution in [-0.2, 0) is 4.79 Å². The third-order valence-electron chi connectivity index (χ3n) is 2.24. The van der Waals surface area contributed by atoms with E-state index in [1.165, 1.54) is 6.07 Å². The van der Waals surface area contributed by atoms with Gasteiger partial charge in [-0.2, -0.15) is 12.6 Å². The van der Waals surface area contributed by atoms with Crippen LogP contribution < -0.4 is 5.32 Å². The van der Waals surface area contributed by atoms with Gasteiger partial charge in [0.25, 0.3) is 0 Å². The Morgan fingerprint density at radius 2 is 2.14 bits per heavy atom. The van der Waals surface area contributed by atoms with Crippen LogP contribution in [0.2, 0.25) is 0 Å². The third kappa shape index (κ3) is 1.19. The Labute approximate surface area is 84.7 Å². The van der Waals surface area contributed by atoms with Gasteiger partial charge < -0.3 is 5.32 Å². The lowest BCUT2D eigenvalue weighted by atomic mass is 10.0. The Hall–Kier alpha value is -1.10. The number of fused-ring (bicyclic) bond motifs is 1. The third-order valence-corrected chi connectivity index (χ3v) is 2.60. The van der Waals surface area contributed by atoms with E-state index in [9.17, 15) is 13.6 Å².